The summed E-state index contributed by atoms with van der Waals surface area (Å²) in [5.41, 5.74) is 2.22. The number of aromatic nitrogens is 2. The molecule has 5 rings (SSSR count). The van der Waals surface area contributed by atoms with E-state index in [-0.39, 0.29) is 23.8 Å². The van der Waals surface area contributed by atoms with Crippen LogP contribution in [0.4, 0.5) is 0 Å². The number of carbonyl (C=O) groups is 1. The van der Waals surface area contributed by atoms with Crippen LogP contribution >= 0.6 is 0 Å². The minimum atomic E-state index is -0.0809. The molecule has 1 aromatic carbocycles. The van der Waals surface area contributed by atoms with Gasteiger partial charge in [-0.15, -0.1) is 0 Å². The first kappa shape index (κ1) is 17.6. The Morgan fingerprint density at radius 3 is 2.82 bits per heavy atom. The quantitative estimate of drug-likeness (QED) is 0.824. The van der Waals surface area contributed by atoms with Crippen LogP contribution in [0.3, 0.4) is 0 Å². The highest BCUT2D eigenvalue weighted by molar-refractivity contribution is 5.81. The van der Waals surface area contributed by atoms with Gasteiger partial charge in [0.1, 0.15) is 13.2 Å². The van der Waals surface area contributed by atoms with Crippen molar-refractivity contribution in [2.45, 2.75) is 24.8 Å². The van der Waals surface area contributed by atoms with Crippen molar-refractivity contribution in [2.75, 3.05) is 26.3 Å². The molecule has 1 unspecified atom stereocenters. The highest BCUT2D eigenvalue weighted by atomic mass is 16.6. The van der Waals surface area contributed by atoms with Crippen LogP contribution in [0.1, 0.15) is 35.9 Å². The molecule has 1 aliphatic carbocycles. The van der Waals surface area contributed by atoms with Crippen molar-refractivity contribution >= 4 is 5.91 Å². The molecule has 28 heavy (non-hydrogen) atoms. The molecule has 0 bridgehead atoms. The Labute approximate surface area is 164 Å². The lowest BCUT2D eigenvalue weighted by Gasteiger charge is -2.25. The Morgan fingerprint density at radius 1 is 1.25 bits per heavy atom. The van der Waals surface area contributed by atoms with Crippen LogP contribution in [0.15, 0.2) is 30.6 Å². The maximum absolute atomic E-state index is 13.2. The van der Waals surface area contributed by atoms with Gasteiger partial charge in [0.15, 0.2) is 11.5 Å². The number of aryl methyl sites for hydroxylation is 1. The standard InChI is InChI=1S/C21H26N4O3/c1-25-12-15(9-23-25)16-10-22-11-17(16)21(26)24-20(13-2-3-13)14-4-5-18-19(8-14)28-7-6-27-18/h4-5,8-9,12-13,16-17,20,22H,2-3,6-7,10-11H2,1H3,(H,24,26)/t16-,17+,20?/m1/s1. The molecular weight excluding hydrogens is 356 g/mol. The van der Waals surface area contributed by atoms with E-state index in [4.69, 9.17) is 9.47 Å². The summed E-state index contributed by atoms with van der Waals surface area (Å²) < 4.78 is 13.2. The van der Waals surface area contributed by atoms with Gasteiger partial charge < -0.3 is 20.1 Å². The molecule has 0 radical (unpaired) electrons. The Bertz CT molecular complexity index is 876. The van der Waals surface area contributed by atoms with E-state index < -0.39 is 0 Å². The summed E-state index contributed by atoms with van der Waals surface area (Å²) in [6.45, 7) is 2.66. The zero-order valence-corrected chi connectivity index (χ0v) is 16.1. The zero-order chi connectivity index (χ0) is 19.1. The predicted octanol–water partition coefficient (Wildman–Crippen LogP) is 1.76. The van der Waals surface area contributed by atoms with Crippen molar-refractivity contribution < 1.29 is 14.3 Å². The Kier molecular flexibility index (Phi) is 4.47. The highest BCUT2D eigenvalue weighted by Crippen LogP contribution is 2.43. The van der Waals surface area contributed by atoms with Crippen molar-refractivity contribution in [3.8, 4) is 11.5 Å². The number of carbonyl (C=O) groups excluding carboxylic acids is 1. The van der Waals surface area contributed by atoms with Gasteiger partial charge >= 0.3 is 0 Å². The molecular formula is C21H26N4O3. The topological polar surface area (TPSA) is 77.4 Å². The van der Waals surface area contributed by atoms with Gasteiger partial charge in [-0.25, -0.2) is 0 Å². The molecule has 7 nitrogen and oxygen atoms in total. The second-order valence-electron chi connectivity index (χ2n) is 8.05. The first-order valence-corrected chi connectivity index (χ1v) is 10.1. The van der Waals surface area contributed by atoms with E-state index >= 15 is 0 Å². The summed E-state index contributed by atoms with van der Waals surface area (Å²) >= 11 is 0. The fraction of sp³-hybridized carbons (Fsp3) is 0.524. The van der Waals surface area contributed by atoms with E-state index in [1.54, 1.807) is 4.68 Å². The van der Waals surface area contributed by atoms with Crippen LogP contribution in [0.25, 0.3) is 0 Å². The lowest BCUT2D eigenvalue weighted by molar-refractivity contribution is -0.125. The molecule has 1 amide bonds. The molecule has 3 aliphatic rings. The molecule has 2 N–H and O–H groups in total. The van der Waals surface area contributed by atoms with Crippen molar-refractivity contribution in [2.24, 2.45) is 18.9 Å². The minimum Gasteiger partial charge on any atom is -0.486 e. The van der Waals surface area contributed by atoms with Gasteiger partial charge in [-0.1, -0.05) is 6.07 Å². The van der Waals surface area contributed by atoms with Crippen LogP contribution in [0, 0.1) is 11.8 Å². The van der Waals surface area contributed by atoms with Gasteiger partial charge in [0.2, 0.25) is 5.91 Å². The molecule has 3 heterocycles. The Morgan fingerprint density at radius 2 is 2.07 bits per heavy atom. The van der Waals surface area contributed by atoms with Crippen LogP contribution < -0.4 is 20.1 Å². The maximum Gasteiger partial charge on any atom is 0.225 e. The zero-order valence-electron chi connectivity index (χ0n) is 16.1. The molecule has 1 aromatic heterocycles. The Hall–Kier alpha value is -2.54. The van der Waals surface area contributed by atoms with Gasteiger partial charge in [-0.2, -0.15) is 5.10 Å². The first-order valence-electron chi connectivity index (χ1n) is 10.1. The third-order valence-electron chi connectivity index (χ3n) is 6.02. The molecule has 1 saturated carbocycles. The van der Waals surface area contributed by atoms with E-state index in [2.05, 4.69) is 21.8 Å². The van der Waals surface area contributed by atoms with Crippen molar-refractivity contribution in [1.82, 2.24) is 20.4 Å². The van der Waals surface area contributed by atoms with Gasteiger partial charge in [0.05, 0.1) is 18.2 Å². The van der Waals surface area contributed by atoms with Gasteiger partial charge in [-0.05, 0) is 42.0 Å². The fourth-order valence-electron chi connectivity index (χ4n) is 4.35. The fourth-order valence-corrected chi connectivity index (χ4v) is 4.35. The number of nitrogens with zero attached hydrogens (tertiary/aromatic N) is 2. The lowest BCUT2D eigenvalue weighted by atomic mass is 9.89. The van der Waals surface area contributed by atoms with E-state index in [1.807, 2.05) is 31.6 Å². The summed E-state index contributed by atoms with van der Waals surface area (Å²) in [4.78, 5) is 13.2. The second kappa shape index (κ2) is 7.13. The van der Waals surface area contributed by atoms with Crippen molar-refractivity contribution in [1.29, 1.82) is 0 Å². The molecule has 2 aromatic rings. The van der Waals surface area contributed by atoms with E-state index in [9.17, 15) is 4.79 Å². The number of hydrogen-bond donors (Lipinski definition) is 2. The van der Waals surface area contributed by atoms with E-state index in [0.717, 1.165) is 42.0 Å². The monoisotopic (exact) mass is 382 g/mol. The first-order chi connectivity index (χ1) is 13.7. The third kappa shape index (κ3) is 3.35. The van der Waals surface area contributed by atoms with Crippen molar-refractivity contribution in [3.63, 3.8) is 0 Å². The number of hydrogen-bond acceptors (Lipinski definition) is 5. The maximum atomic E-state index is 13.2. The third-order valence-corrected chi connectivity index (χ3v) is 6.02. The average molecular weight is 382 g/mol. The largest absolute Gasteiger partial charge is 0.486 e. The van der Waals surface area contributed by atoms with Gasteiger partial charge in [0, 0.05) is 32.3 Å². The SMILES string of the molecule is Cn1cc([C@H]2CNC[C@@H]2C(=O)NC(c2ccc3c(c2)OCCO3)C2CC2)cn1. The number of ether oxygens (including phenoxy) is 2. The van der Waals surface area contributed by atoms with Crippen LogP contribution in [0.5, 0.6) is 11.5 Å². The number of fused-ring (bicyclic) bond motifs is 1. The molecule has 148 valence electrons. The summed E-state index contributed by atoms with van der Waals surface area (Å²) in [7, 11) is 1.91. The number of rotatable bonds is 5. The molecule has 1 saturated heterocycles. The van der Waals surface area contributed by atoms with Crippen LogP contribution in [-0.2, 0) is 11.8 Å². The van der Waals surface area contributed by atoms with Gasteiger partial charge in [-0.3, -0.25) is 9.48 Å². The van der Waals surface area contributed by atoms with Gasteiger partial charge in [0.25, 0.3) is 0 Å². The highest BCUT2D eigenvalue weighted by Gasteiger charge is 2.39. The number of benzene rings is 1. The minimum absolute atomic E-state index is 0.0264. The molecule has 0 spiro atoms. The van der Waals surface area contributed by atoms with E-state index in [0.29, 0.717) is 25.7 Å². The molecule has 2 aliphatic heterocycles. The Balaban J connectivity index is 1.35. The molecule has 7 heteroatoms. The molecule has 2 fully saturated rings. The van der Waals surface area contributed by atoms with Crippen LogP contribution in [-0.4, -0.2) is 42.0 Å². The summed E-state index contributed by atoms with van der Waals surface area (Å²) in [5.74, 6) is 2.26. The van der Waals surface area contributed by atoms with Crippen molar-refractivity contribution in [3.05, 3.63) is 41.7 Å². The lowest BCUT2D eigenvalue weighted by Crippen LogP contribution is -2.37. The average Bonchev–Trinajstić information content (AvgIpc) is 3.26. The summed E-state index contributed by atoms with van der Waals surface area (Å²) in [6, 6.07) is 6.07. The smallest absolute Gasteiger partial charge is 0.225 e. The summed E-state index contributed by atoms with van der Waals surface area (Å²) in [6.07, 6.45) is 6.18. The second-order valence-corrected chi connectivity index (χ2v) is 8.05. The molecule has 3 atom stereocenters. The number of amides is 1. The summed E-state index contributed by atoms with van der Waals surface area (Å²) in [5, 5.41) is 11.0. The van der Waals surface area contributed by atoms with Crippen LogP contribution in [0.2, 0.25) is 0 Å². The number of nitrogens with one attached hydrogen (secondary N) is 2. The predicted molar refractivity (Wildman–Crippen MR) is 103 cm³/mol. The van der Waals surface area contributed by atoms with E-state index in [1.165, 1.54) is 0 Å². The normalized spacial score (nSPS) is 24.8.